The number of aromatic carboxylic acids is 1. The molecule has 5 nitrogen and oxygen atoms in total. The largest absolute Gasteiger partial charge is 0.478 e. The van der Waals surface area contributed by atoms with Crippen molar-refractivity contribution in [3.63, 3.8) is 0 Å². The van der Waals surface area contributed by atoms with Crippen LogP contribution in [0.2, 0.25) is 0 Å². The number of rotatable bonds is 2. The van der Waals surface area contributed by atoms with Crippen LogP contribution in [0.3, 0.4) is 0 Å². The van der Waals surface area contributed by atoms with E-state index in [1.807, 2.05) is 42.5 Å². The second-order valence-electron chi connectivity index (χ2n) is 4.96. The summed E-state index contributed by atoms with van der Waals surface area (Å²) in [6, 6.07) is 15.1. The van der Waals surface area contributed by atoms with Gasteiger partial charge in [-0.05, 0) is 12.1 Å². The normalized spacial score (nSPS) is 10.3. The first-order valence-electron chi connectivity index (χ1n) is 7.01. The first-order chi connectivity index (χ1) is 11.2. The summed E-state index contributed by atoms with van der Waals surface area (Å²) >= 11 is 0. The Labute approximate surface area is 131 Å². The number of carboxylic acids is 1. The molecule has 5 heteroatoms. The molecule has 4 rings (SSSR count). The molecular weight excluding hydrogens is 292 g/mol. The third kappa shape index (κ3) is 2.85. The van der Waals surface area contributed by atoms with E-state index in [1.54, 1.807) is 12.3 Å². The van der Waals surface area contributed by atoms with Crippen LogP contribution in [0.4, 0.5) is 0 Å². The zero-order valence-corrected chi connectivity index (χ0v) is 12.1. The lowest BCUT2D eigenvalue weighted by Gasteiger charge is -1.89. The minimum absolute atomic E-state index is 0.325. The van der Waals surface area contributed by atoms with E-state index in [0.717, 1.165) is 33.7 Å². The summed E-state index contributed by atoms with van der Waals surface area (Å²) < 4.78 is 0. The van der Waals surface area contributed by atoms with E-state index in [9.17, 15) is 9.59 Å². The number of H-pyrrole nitrogens is 2. The van der Waals surface area contributed by atoms with Crippen LogP contribution in [0.5, 0.6) is 0 Å². The Bertz CT molecular complexity index is 982. The van der Waals surface area contributed by atoms with Gasteiger partial charge in [-0.3, -0.25) is 4.79 Å². The minimum Gasteiger partial charge on any atom is -0.478 e. The number of carbonyl (C=O) groups is 2. The lowest BCUT2D eigenvalue weighted by Crippen LogP contribution is -1.92. The highest BCUT2D eigenvalue weighted by Crippen LogP contribution is 2.17. The van der Waals surface area contributed by atoms with Gasteiger partial charge in [0.15, 0.2) is 6.29 Å². The Hall–Kier alpha value is -3.34. The van der Waals surface area contributed by atoms with Gasteiger partial charge in [0, 0.05) is 39.8 Å². The van der Waals surface area contributed by atoms with E-state index < -0.39 is 5.97 Å². The first-order valence-corrected chi connectivity index (χ1v) is 7.01. The molecule has 0 fully saturated rings. The molecule has 0 amide bonds. The van der Waals surface area contributed by atoms with Crippen LogP contribution in [0.15, 0.2) is 60.9 Å². The average molecular weight is 306 g/mol. The third-order valence-electron chi connectivity index (χ3n) is 3.57. The van der Waals surface area contributed by atoms with Crippen molar-refractivity contribution in [3.8, 4) is 0 Å². The highest BCUT2D eigenvalue weighted by molar-refractivity contribution is 6.03. The van der Waals surface area contributed by atoms with Gasteiger partial charge in [0.2, 0.25) is 0 Å². The molecule has 2 heterocycles. The maximum atomic E-state index is 10.7. The van der Waals surface area contributed by atoms with Crippen LogP contribution < -0.4 is 0 Å². The summed E-state index contributed by atoms with van der Waals surface area (Å²) in [4.78, 5) is 27.0. The van der Waals surface area contributed by atoms with Crippen LogP contribution in [-0.4, -0.2) is 27.3 Å². The number of fused-ring (bicyclic) bond motifs is 2. The van der Waals surface area contributed by atoms with Crippen molar-refractivity contribution in [1.29, 1.82) is 0 Å². The quantitative estimate of drug-likeness (QED) is 0.492. The number of aldehydes is 1. The van der Waals surface area contributed by atoms with Crippen LogP contribution >= 0.6 is 0 Å². The molecular formula is C18H14N2O3. The second-order valence-corrected chi connectivity index (χ2v) is 4.96. The van der Waals surface area contributed by atoms with Crippen molar-refractivity contribution in [2.45, 2.75) is 0 Å². The van der Waals surface area contributed by atoms with Crippen LogP contribution in [0.1, 0.15) is 20.7 Å². The predicted octanol–water partition coefficient (Wildman–Crippen LogP) is 3.85. The lowest BCUT2D eigenvalue weighted by atomic mass is 10.2. The Morgan fingerprint density at radius 1 is 0.870 bits per heavy atom. The zero-order chi connectivity index (χ0) is 16.2. The van der Waals surface area contributed by atoms with Gasteiger partial charge >= 0.3 is 5.97 Å². The molecule has 0 aliphatic rings. The molecule has 2 aromatic carbocycles. The van der Waals surface area contributed by atoms with Gasteiger partial charge in [0.05, 0.1) is 5.56 Å². The molecule has 0 spiro atoms. The Morgan fingerprint density at radius 2 is 1.43 bits per heavy atom. The van der Waals surface area contributed by atoms with Crippen LogP contribution in [0.25, 0.3) is 21.8 Å². The SMILES string of the molecule is O=C(O)c1c[nH]c2ccccc12.O=Cc1c[nH]c2ccccc12. The highest BCUT2D eigenvalue weighted by Gasteiger charge is 2.08. The molecule has 0 aliphatic heterocycles. The monoisotopic (exact) mass is 306 g/mol. The average Bonchev–Trinajstić information content (AvgIpc) is 3.19. The molecule has 114 valence electrons. The number of nitrogens with one attached hydrogen (secondary N) is 2. The van der Waals surface area contributed by atoms with Crippen molar-refractivity contribution < 1.29 is 14.7 Å². The van der Waals surface area contributed by atoms with Crippen LogP contribution in [0, 0.1) is 0 Å². The Morgan fingerprint density at radius 3 is 2.09 bits per heavy atom. The van der Waals surface area contributed by atoms with E-state index in [1.165, 1.54) is 6.20 Å². The number of aromatic nitrogens is 2. The fourth-order valence-electron chi connectivity index (χ4n) is 2.44. The zero-order valence-electron chi connectivity index (χ0n) is 12.1. The number of hydrogen-bond acceptors (Lipinski definition) is 2. The molecule has 0 aliphatic carbocycles. The van der Waals surface area contributed by atoms with Gasteiger partial charge in [-0.2, -0.15) is 0 Å². The maximum Gasteiger partial charge on any atom is 0.337 e. The summed E-state index contributed by atoms with van der Waals surface area (Å²) in [6.07, 6.45) is 4.09. The van der Waals surface area contributed by atoms with Crippen molar-refractivity contribution in [3.05, 3.63) is 72.1 Å². The molecule has 23 heavy (non-hydrogen) atoms. The Kier molecular flexibility index (Phi) is 3.93. The van der Waals surface area contributed by atoms with Gasteiger partial charge < -0.3 is 15.1 Å². The molecule has 0 saturated heterocycles. The summed E-state index contributed by atoms with van der Waals surface area (Å²) in [5, 5.41) is 10.5. The number of carbonyl (C=O) groups excluding carboxylic acids is 1. The third-order valence-corrected chi connectivity index (χ3v) is 3.57. The molecule has 0 unspecified atom stereocenters. The lowest BCUT2D eigenvalue weighted by molar-refractivity contribution is 0.0699. The molecule has 3 N–H and O–H groups in total. The number of hydrogen-bond donors (Lipinski definition) is 3. The van der Waals surface area contributed by atoms with E-state index in [2.05, 4.69) is 9.97 Å². The maximum absolute atomic E-state index is 10.7. The smallest absolute Gasteiger partial charge is 0.337 e. The van der Waals surface area contributed by atoms with E-state index in [4.69, 9.17) is 5.11 Å². The van der Waals surface area contributed by atoms with Crippen molar-refractivity contribution >= 4 is 34.1 Å². The molecule has 0 radical (unpaired) electrons. The summed E-state index contributed by atoms with van der Waals surface area (Å²) in [5.74, 6) is -0.896. The number of benzene rings is 2. The van der Waals surface area contributed by atoms with Crippen molar-refractivity contribution in [1.82, 2.24) is 9.97 Å². The summed E-state index contributed by atoms with van der Waals surface area (Å²) in [5.41, 5.74) is 2.91. The van der Waals surface area contributed by atoms with Crippen molar-refractivity contribution in [2.24, 2.45) is 0 Å². The predicted molar refractivity (Wildman–Crippen MR) is 88.9 cm³/mol. The number of aromatic amines is 2. The summed E-state index contributed by atoms with van der Waals surface area (Å²) in [6.45, 7) is 0. The topological polar surface area (TPSA) is 85.9 Å². The van der Waals surface area contributed by atoms with Gasteiger partial charge in [0.25, 0.3) is 0 Å². The summed E-state index contributed by atoms with van der Waals surface area (Å²) in [7, 11) is 0. The molecule has 0 bridgehead atoms. The van der Waals surface area contributed by atoms with E-state index in [0.29, 0.717) is 5.56 Å². The van der Waals surface area contributed by atoms with E-state index >= 15 is 0 Å². The van der Waals surface area contributed by atoms with Gasteiger partial charge in [-0.1, -0.05) is 36.4 Å². The molecule has 4 aromatic rings. The standard InChI is InChI=1S/C9H7NO2.C9H7NO/c11-9(12)7-5-10-8-4-2-1-3-6(7)8;11-6-7-5-10-9-4-2-1-3-8(7)9/h1-5,10H,(H,11,12);1-6,10H. The first kappa shape index (κ1) is 14.6. The number of para-hydroxylation sites is 2. The van der Waals surface area contributed by atoms with E-state index in [-0.39, 0.29) is 0 Å². The fourth-order valence-corrected chi connectivity index (χ4v) is 2.44. The van der Waals surface area contributed by atoms with Crippen molar-refractivity contribution in [2.75, 3.05) is 0 Å². The van der Waals surface area contributed by atoms with Gasteiger partial charge in [0.1, 0.15) is 0 Å². The fraction of sp³-hybridized carbons (Fsp3) is 0. The van der Waals surface area contributed by atoms with Gasteiger partial charge in [-0.25, -0.2) is 4.79 Å². The molecule has 0 saturated carbocycles. The second kappa shape index (κ2) is 6.19. The van der Waals surface area contributed by atoms with Gasteiger partial charge in [-0.15, -0.1) is 0 Å². The number of carboxylic acid groups (broad SMARTS) is 1. The Balaban J connectivity index is 0.000000136. The molecule has 0 atom stereocenters. The minimum atomic E-state index is -0.896. The van der Waals surface area contributed by atoms with Crippen LogP contribution in [-0.2, 0) is 0 Å². The molecule has 2 aromatic heterocycles. The highest BCUT2D eigenvalue weighted by atomic mass is 16.4.